The molecule has 1 saturated heterocycles. The molecule has 2 nitrogen and oxygen atoms in total. The summed E-state index contributed by atoms with van der Waals surface area (Å²) in [5.74, 6) is 0.711. The van der Waals surface area contributed by atoms with Gasteiger partial charge in [0, 0.05) is 18.0 Å². The summed E-state index contributed by atoms with van der Waals surface area (Å²) >= 11 is 0. The Morgan fingerprint density at radius 3 is 2.61 bits per heavy atom. The van der Waals surface area contributed by atoms with Crippen LogP contribution in [0.1, 0.15) is 43.2 Å². The summed E-state index contributed by atoms with van der Waals surface area (Å²) in [6.07, 6.45) is 3.83. The lowest BCUT2D eigenvalue weighted by molar-refractivity contribution is 0.410. The number of nitrogens with two attached hydrogens (primary N) is 1. The first-order valence-corrected chi connectivity index (χ1v) is 7.17. The van der Waals surface area contributed by atoms with Crippen LogP contribution in [0.2, 0.25) is 0 Å². The summed E-state index contributed by atoms with van der Waals surface area (Å²) in [7, 11) is 2.22. The van der Waals surface area contributed by atoms with Crippen molar-refractivity contribution in [3.8, 4) is 0 Å². The number of likely N-dealkylation sites (N-methyl/N-ethyl adjacent to an activating group) is 1. The van der Waals surface area contributed by atoms with E-state index >= 15 is 0 Å². The van der Waals surface area contributed by atoms with E-state index in [0.717, 1.165) is 0 Å². The van der Waals surface area contributed by atoms with E-state index in [-0.39, 0.29) is 11.5 Å². The molecule has 0 amide bonds. The Hall–Kier alpha value is -0.860. The van der Waals surface area contributed by atoms with Crippen molar-refractivity contribution in [1.82, 2.24) is 4.90 Å². The molecule has 0 aromatic heterocycles. The van der Waals surface area contributed by atoms with Gasteiger partial charge in [0.2, 0.25) is 0 Å². The monoisotopic (exact) mass is 244 g/mol. The van der Waals surface area contributed by atoms with Gasteiger partial charge in [-0.1, -0.05) is 24.3 Å². The van der Waals surface area contributed by atoms with Crippen molar-refractivity contribution in [1.29, 1.82) is 0 Å². The lowest BCUT2D eigenvalue weighted by atomic mass is 9.81. The minimum absolute atomic E-state index is 0.276. The van der Waals surface area contributed by atoms with Gasteiger partial charge in [-0.15, -0.1) is 0 Å². The number of hydrogen-bond acceptors (Lipinski definition) is 2. The van der Waals surface area contributed by atoms with Gasteiger partial charge in [0.05, 0.1) is 0 Å². The molecule has 2 atom stereocenters. The molecule has 1 aliphatic heterocycles. The summed E-state index contributed by atoms with van der Waals surface area (Å²) in [6, 6.07) is 9.30. The Kier molecular flexibility index (Phi) is 2.95. The number of benzene rings is 1. The van der Waals surface area contributed by atoms with Gasteiger partial charge in [-0.05, 0) is 56.8 Å². The highest BCUT2D eigenvalue weighted by atomic mass is 15.1. The van der Waals surface area contributed by atoms with Gasteiger partial charge in [-0.3, -0.25) is 0 Å². The van der Waals surface area contributed by atoms with Crippen LogP contribution in [0.5, 0.6) is 0 Å². The molecule has 1 heterocycles. The second-order valence-electron chi connectivity index (χ2n) is 6.28. The fourth-order valence-corrected chi connectivity index (χ4v) is 3.60. The van der Waals surface area contributed by atoms with Crippen molar-refractivity contribution in [2.75, 3.05) is 20.1 Å². The Labute approximate surface area is 110 Å². The largest absolute Gasteiger partial charge is 0.327 e. The molecule has 1 aromatic rings. The zero-order valence-electron chi connectivity index (χ0n) is 11.5. The molecule has 2 fully saturated rings. The van der Waals surface area contributed by atoms with Gasteiger partial charge in [0.15, 0.2) is 0 Å². The van der Waals surface area contributed by atoms with Crippen LogP contribution in [0.3, 0.4) is 0 Å². The van der Waals surface area contributed by atoms with Crippen molar-refractivity contribution in [2.24, 2.45) is 5.73 Å². The molecule has 98 valence electrons. The van der Waals surface area contributed by atoms with E-state index in [1.165, 1.54) is 32.4 Å². The summed E-state index contributed by atoms with van der Waals surface area (Å²) in [4.78, 5) is 2.44. The summed E-state index contributed by atoms with van der Waals surface area (Å²) in [5.41, 5.74) is 9.65. The van der Waals surface area contributed by atoms with Crippen LogP contribution in [0.4, 0.5) is 0 Å². The topological polar surface area (TPSA) is 29.3 Å². The number of nitrogens with zero attached hydrogens (tertiary/aromatic N) is 1. The molecule has 2 heteroatoms. The van der Waals surface area contributed by atoms with E-state index in [9.17, 15) is 0 Å². The van der Waals surface area contributed by atoms with Crippen LogP contribution in [0.25, 0.3) is 0 Å². The summed E-state index contributed by atoms with van der Waals surface area (Å²) in [5, 5.41) is 0. The number of rotatable bonds is 3. The Balaban J connectivity index is 1.96. The van der Waals surface area contributed by atoms with Crippen molar-refractivity contribution < 1.29 is 0 Å². The molecule has 2 N–H and O–H groups in total. The lowest BCUT2D eigenvalue weighted by Crippen LogP contribution is -2.32. The third-order valence-corrected chi connectivity index (χ3v) is 4.99. The normalized spacial score (nSPS) is 28.3. The predicted octanol–water partition coefficient (Wildman–Crippen LogP) is 2.48. The molecule has 2 unspecified atom stereocenters. The van der Waals surface area contributed by atoms with Crippen LogP contribution in [-0.4, -0.2) is 31.1 Å². The van der Waals surface area contributed by atoms with Gasteiger partial charge in [0.25, 0.3) is 0 Å². The van der Waals surface area contributed by atoms with Gasteiger partial charge in [0.1, 0.15) is 0 Å². The highest BCUT2D eigenvalue weighted by Gasteiger charge is 2.49. The molecular formula is C16H24N2. The summed E-state index contributed by atoms with van der Waals surface area (Å²) in [6.45, 7) is 4.60. The van der Waals surface area contributed by atoms with Crippen LogP contribution >= 0.6 is 0 Å². The molecule has 1 aliphatic carbocycles. The van der Waals surface area contributed by atoms with Gasteiger partial charge < -0.3 is 10.6 Å². The third-order valence-electron chi connectivity index (χ3n) is 4.99. The smallest absolute Gasteiger partial charge is 0.0108 e. The maximum atomic E-state index is 6.25. The highest BCUT2D eigenvalue weighted by molar-refractivity contribution is 5.42. The zero-order valence-corrected chi connectivity index (χ0v) is 11.5. The SMILES string of the molecule is CC(N)C1(c2ccccc2C2CCN(C)C2)CC1. The van der Waals surface area contributed by atoms with Gasteiger partial charge in [-0.25, -0.2) is 0 Å². The molecule has 3 rings (SSSR count). The second kappa shape index (κ2) is 4.36. The average molecular weight is 244 g/mol. The molecule has 0 radical (unpaired) electrons. The van der Waals surface area contributed by atoms with E-state index in [4.69, 9.17) is 5.73 Å². The first-order chi connectivity index (χ1) is 8.63. The van der Waals surface area contributed by atoms with E-state index < -0.39 is 0 Å². The van der Waals surface area contributed by atoms with Crippen LogP contribution in [-0.2, 0) is 5.41 Å². The van der Waals surface area contributed by atoms with Crippen molar-refractivity contribution in [3.05, 3.63) is 35.4 Å². The van der Waals surface area contributed by atoms with Gasteiger partial charge >= 0.3 is 0 Å². The van der Waals surface area contributed by atoms with Crippen molar-refractivity contribution >= 4 is 0 Å². The van der Waals surface area contributed by atoms with Crippen molar-refractivity contribution in [3.63, 3.8) is 0 Å². The minimum Gasteiger partial charge on any atom is -0.327 e. The fraction of sp³-hybridized carbons (Fsp3) is 0.625. The Bertz CT molecular complexity index is 434. The average Bonchev–Trinajstić information content (AvgIpc) is 3.07. The Morgan fingerprint density at radius 1 is 1.33 bits per heavy atom. The lowest BCUT2D eigenvalue weighted by Gasteiger charge is -2.25. The quantitative estimate of drug-likeness (QED) is 0.885. The highest BCUT2D eigenvalue weighted by Crippen LogP contribution is 2.52. The number of likely N-dealkylation sites (tertiary alicyclic amines) is 1. The maximum Gasteiger partial charge on any atom is 0.0108 e. The predicted molar refractivity (Wildman–Crippen MR) is 75.9 cm³/mol. The standard InChI is InChI=1S/C16H24N2/c1-12(17)16(8-9-16)15-6-4-3-5-14(15)13-7-10-18(2)11-13/h3-6,12-13H,7-11,17H2,1-2H3. The van der Waals surface area contributed by atoms with E-state index in [1.807, 2.05) is 0 Å². The molecule has 2 aliphatic rings. The molecule has 0 spiro atoms. The van der Waals surface area contributed by atoms with Gasteiger partial charge in [-0.2, -0.15) is 0 Å². The number of hydrogen-bond donors (Lipinski definition) is 1. The van der Waals surface area contributed by atoms with Crippen LogP contribution in [0, 0.1) is 0 Å². The zero-order chi connectivity index (χ0) is 12.8. The first-order valence-electron chi connectivity index (χ1n) is 7.17. The van der Waals surface area contributed by atoms with Crippen molar-refractivity contribution in [2.45, 2.75) is 43.6 Å². The maximum absolute atomic E-state index is 6.25. The third kappa shape index (κ3) is 1.88. The summed E-state index contributed by atoms with van der Waals surface area (Å²) < 4.78 is 0. The van der Waals surface area contributed by atoms with E-state index in [2.05, 4.69) is 43.1 Å². The molecule has 18 heavy (non-hydrogen) atoms. The van der Waals surface area contributed by atoms with Crippen LogP contribution in [0.15, 0.2) is 24.3 Å². The second-order valence-corrected chi connectivity index (χ2v) is 6.28. The molecule has 1 aromatic carbocycles. The Morgan fingerprint density at radius 2 is 2.06 bits per heavy atom. The first kappa shape index (κ1) is 12.2. The molecule has 1 saturated carbocycles. The fourth-order valence-electron chi connectivity index (χ4n) is 3.60. The molecular weight excluding hydrogens is 220 g/mol. The minimum atomic E-state index is 0.276. The molecule has 0 bridgehead atoms. The van der Waals surface area contributed by atoms with E-state index in [1.54, 1.807) is 11.1 Å². The van der Waals surface area contributed by atoms with E-state index in [0.29, 0.717) is 5.92 Å². The van der Waals surface area contributed by atoms with Crippen LogP contribution < -0.4 is 5.73 Å².